The van der Waals surface area contributed by atoms with E-state index in [-0.39, 0.29) is 11.9 Å². The summed E-state index contributed by atoms with van der Waals surface area (Å²) in [5, 5.41) is 3.02. The topological polar surface area (TPSA) is 32.3 Å². The summed E-state index contributed by atoms with van der Waals surface area (Å²) in [5.41, 5.74) is 0. The Morgan fingerprint density at radius 1 is 1.40 bits per heavy atom. The van der Waals surface area contributed by atoms with Crippen LogP contribution in [0.15, 0.2) is 0 Å². The van der Waals surface area contributed by atoms with E-state index in [0.717, 1.165) is 25.9 Å². The first-order chi connectivity index (χ1) is 7.24. The molecule has 0 aromatic heterocycles. The highest BCUT2D eigenvalue weighted by atomic mass is 16.2. The molecule has 84 valence electrons. The predicted octanol–water partition coefficient (Wildman–Crippen LogP) is 1.00. The molecule has 1 amide bonds. The maximum atomic E-state index is 11.8. The molecule has 0 aromatic rings. The first kappa shape index (κ1) is 12.1. The SMILES string of the molecule is C#CC(C)NCC(=O)N1CCCCCC1. The number of hydrogen-bond acceptors (Lipinski definition) is 2. The molecule has 1 unspecified atom stereocenters. The van der Waals surface area contributed by atoms with Crippen molar-refractivity contribution in [1.29, 1.82) is 0 Å². The molecule has 1 heterocycles. The second-order valence-corrected chi connectivity index (χ2v) is 4.06. The Hall–Kier alpha value is -1.01. The third-order valence-electron chi connectivity index (χ3n) is 2.77. The van der Waals surface area contributed by atoms with Crippen LogP contribution in [0.25, 0.3) is 0 Å². The van der Waals surface area contributed by atoms with Gasteiger partial charge in [0.15, 0.2) is 0 Å². The summed E-state index contributed by atoms with van der Waals surface area (Å²) in [5.74, 6) is 2.73. The number of nitrogens with one attached hydrogen (secondary N) is 1. The Bertz CT molecular complexity index is 236. The molecule has 0 bridgehead atoms. The van der Waals surface area contributed by atoms with E-state index in [2.05, 4.69) is 11.2 Å². The van der Waals surface area contributed by atoms with Crippen molar-refractivity contribution in [3.05, 3.63) is 0 Å². The van der Waals surface area contributed by atoms with Gasteiger partial charge in [0.05, 0.1) is 12.6 Å². The van der Waals surface area contributed by atoms with Gasteiger partial charge in [-0.25, -0.2) is 0 Å². The van der Waals surface area contributed by atoms with Gasteiger partial charge >= 0.3 is 0 Å². The molecule has 0 aliphatic carbocycles. The number of hydrogen-bond donors (Lipinski definition) is 1. The van der Waals surface area contributed by atoms with Crippen LogP contribution in [0.4, 0.5) is 0 Å². The molecule has 1 saturated heterocycles. The van der Waals surface area contributed by atoms with Crippen molar-refractivity contribution in [1.82, 2.24) is 10.2 Å². The Kier molecular flexibility index (Phi) is 5.20. The summed E-state index contributed by atoms with van der Waals surface area (Å²) in [6.07, 6.45) is 9.99. The first-order valence-corrected chi connectivity index (χ1v) is 5.71. The minimum Gasteiger partial charge on any atom is -0.342 e. The summed E-state index contributed by atoms with van der Waals surface area (Å²) in [4.78, 5) is 13.7. The van der Waals surface area contributed by atoms with Gasteiger partial charge in [-0.05, 0) is 19.8 Å². The number of terminal acetylenes is 1. The zero-order valence-electron chi connectivity index (χ0n) is 9.46. The van der Waals surface area contributed by atoms with E-state index in [0.29, 0.717) is 6.54 Å². The van der Waals surface area contributed by atoms with Gasteiger partial charge in [-0.15, -0.1) is 6.42 Å². The van der Waals surface area contributed by atoms with Crippen molar-refractivity contribution < 1.29 is 4.79 Å². The molecular formula is C12H20N2O. The number of carbonyl (C=O) groups is 1. The molecule has 1 aliphatic rings. The van der Waals surface area contributed by atoms with Crippen LogP contribution in [0.5, 0.6) is 0 Å². The van der Waals surface area contributed by atoms with Gasteiger partial charge in [0.1, 0.15) is 0 Å². The van der Waals surface area contributed by atoms with Gasteiger partial charge in [-0.3, -0.25) is 10.1 Å². The molecule has 3 heteroatoms. The maximum absolute atomic E-state index is 11.8. The van der Waals surface area contributed by atoms with Gasteiger partial charge in [0.25, 0.3) is 0 Å². The molecule has 1 rings (SSSR count). The molecule has 1 aliphatic heterocycles. The van der Waals surface area contributed by atoms with Gasteiger partial charge in [-0.1, -0.05) is 18.8 Å². The lowest BCUT2D eigenvalue weighted by molar-refractivity contribution is -0.130. The Morgan fingerprint density at radius 2 is 2.00 bits per heavy atom. The lowest BCUT2D eigenvalue weighted by Crippen LogP contribution is -2.41. The van der Waals surface area contributed by atoms with Crippen LogP contribution in [0.1, 0.15) is 32.6 Å². The molecule has 1 fully saturated rings. The predicted molar refractivity (Wildman–Crippen MR) is 61.3 cm³/mol. The normalized spacial score (nSPS) is 19.1. The maximum Gasteiger partial charge on any atom is 0.236 e. The van der Waals surface area contributed by atoms with Crippen LogP contribution >= 0.6 is 0 Å². The van der Waals surface area contributed by atoms with Crippen molar-refractivity contribution in [2.75, 3.05) is 19.6 Å². The molecule has 1 atom stereocenters. The quantitative estimate of drug-likeness (QED) is 0.702. The summed E-state index contributed by atoms with van der Waals surface area (Å²) < 4.78 is 0. The van der Waals surface area contributed by atoms with Gasteiger partial charge in [0, 0.05) is 13.1 Å². The van der Waals surface area contributed by atoms with Crippen LogP contribution in [-0.2, 0) is 4.79 Å². The van der Waals surface area contributed by atoms with E-state index in [4.69, 9.17) is 6.42 Å². The first-order valence-electron chi connectivity index (χ1n) is 5.71. The van der Waals surface area contributed by atoms with Crippen molar-refractivity contribution in [3.8, 4) is 12.3 Å². The van der Waals surface area contributed by atoms with E-state index in [1.165, 1.54) is 12.8 Å². The summed E-state index contributed by atoms with van der Waals surface area (Å²) in [7, 11) is 0. The van der Waals surface area contributed by atoms with Crippen LogP contribution in [-0.4, -0.2) is 36.5 Å². The fourth-order valence-electron chi connectivity index (χ4n) is 1.73. The standard InChI is InChI=1S/C12H20N2O/c1-3-11(2)13-10-12(15)14-8-6-4-5-7-9-14/h1,11,13H,4-10H2,2H3. The largest absolute Gasteiger partial charge is 0.342 e. The summed E-state index contributed by atoms with van der Waals surface area (Å²) in [6, 6.07) is -0.0269. The fraction of sp³-hybridized carbons (Fsp3) is 0.750. The van der Waals surface area contributed by atoms with Crippen LogP contribution in [0.2, 0.25) is 0 Å². The molecule has 3 nitrogen and oxygen atoms in total. The molecule has 0 aromatic carbocycles. The molecule has 15 heavy (non-hydrogen) atoms. The minimum absolute atomic E-state index is 0.0269. The fourth-order valence-corrected chi connectivity index (χ4v) is 1.73. The highest BCUT2D eigenvalue weighted by molar-refractivity contribution is 5.78. The Labute approximate surface area is 92.2 Å². The number of nitrogens with zero attached hydrogens (tertiary/aromatic N) is 1. The van der Waals surface area contributed by atoms with Gasteiger partial charge in [0.2, 0.25) is 5.91 Å². The third kappa shape index (κ3) is 4.35. The Morgan fingerprint density at radius 3 is 2.53 bits per heavy atom. The van der Waals surface area contributed by atoms with Gasteiger partial charge in [-0.2, -0.15) is 0 Å². The van der Waals surface area contributed by atoms with E-state index < -0.39 is 0 Å². The van der Waals surface area contributed by atoms with E-state index >= 15 is 0 Å². The number of rotatable bonds is 3. The Balaban J connectivity index is 2.29. The van der Waals surface area contributed by atoms with Gasteiger partial charge < -0.3 is 4.90 Å². The molecular weight excluding hydrogens is 188 g/mol. The second-order valence-electron chi connectivity index (χ2n) is 4.06. The van der Waals surface area contributed by atoms with Crippen molar-refractivity contribution >= 4 is 5.91 Å². The summed E-state index contributed by atoms with van der Waals surface area (Å²) in [6.45, 7) is 4.07. The monoisotopic (exact) mass is 208 g/mol. The average Bonchev–Trinajstić information content (AvgIpc) is 2.53. The van der Waals surface area contributed by atoms with Crippen molar-refractivity contribution in [2.45, 2.75) is 38.6 Å². The van der Waals surface area contributed by atoms with Crippen molar-refractivity contribution in [3.63, 3.8) is 0 Å². The van der Waals surface area contributed by atoms with Crippen molar-refractivity contribution in [2.24, 2.45) is 0 Å². The highest BCUT2D eigenvalue weighted by Gasteiger charge is 2.15. The second kappa shape index (κ2) is 6.47. The molecule has 1 N–H and O–H groups in total. The van der Waals surface area contributed by atoms with E-state index in [9.17, 15) is 4.79 Å². The molecule has 0 saturated carbocycles. The van der Waals surface area contributed by atoms with E-state index in [1.54, 1.807) is 0 Å². The number of likely N-dealkylation sites (tertiary alicyclic amines) is 1. The average molecular weight is 208 g/mol. The van der Waals surface area contributed by atoms with Crippen LogP contribution in [0.3, 0.4) is 0 Å². The molecule has 0 spiro atoms. The zero-order valence-corrected chi connectivity index (χ0v) is 9.46. The van der Waals surface area contributed by atoms with Crippen LogP contribution < -0.4 is 5.32 Å². The number of amides is 1. The molecule has 0 radical (unpaired) electrons. The zero-order chi connectivity index (χ0) is 11.1. The lowest BCUT2D eigenvalue weighted by atomic mass is 10.2. The van der Waals surface area contributed by atoms with E-state index in [1.807, 2.05) is 11.8 Å². The number of carbonyl (C=O) groups excluding carboxylic acids is 1. The lowest BCUT2D eigenvalue weighted by Gasteiger charge is -2.20. The third-order valence-corrected chi connectivity index (χ3v) is 2.77. The van der Waals surface area contributed by atoms with Crippen LogP contribution in [0, 0.1) is 12.3 Å². The smallest absolute Gasteiger partial charge is 0.236 e. The highest BCUT2D eigenvalue weighted by Crippen LogP contribution is 2.09. The summed E-state index contributed by atoms with van der Waals surface area (Å²) >= 11 is 0. The minimum atomic E-state index is -0.0269.